The van der Waals surface area contributed by atoms with Crippen molar-refractivity contribution in [2.24, 2.45) is 5.41 Å². The number of alkyl halides is 6. The average Bonchev–Trinajstić information content (AvgIpc) is 3.24. The van der Waals surface area contributed by atoms with Crippen LogP contribution in [-0.2, 0) is 18.9 Å². The number of fused-ring (bicyclic) bond motifs is 1. The van der Waals surface area contributed by atoms with Crippen LogP contribution in [0.2, 0.25) is 0 Å². The second kappa shape index (κ2) is 10.2. The summed E-state index contributed by atoms with van der Waals surface area (Å²) in [6.07, 6.45) is -6.94. The number of benzene rings is 2. The molecule has 1 aromatic heterocycles. The maximum absolute atomic E-state index is 13.2. The van der Waals surface area contributed by atoms with Crippen molar-refractivity contribution in [1.82, 2.24) is 9.88 Å². The Balaban J connectivity index is 1.30. The van der Waals surface area contributed by atoms with Crippen molar-refractivity contribution in [3.63, 3.8) is 0 Å². The molecule has 5 rings (SSSR count). The molecule has 0 radical (unpaired) electrons. The van der Waals surface area contributed by atoms with E-state index in [1.54, 1.807) is 0 Å². The Hall–Kier alpha value is -2.78. The van der Waals surface area contributed by atoms with Crippen molar-refractivity contribution in [2.75, 3.05) is 31.1 Å². The normalized spacial score (nSPS) is 18.1. The number of non-ortho nitro benzene ring substituents is 1. The third-order valence-corrected chi connectivity index (χ3v) is 9.39. The molecule has 0 amide bonds. The van der Waals surface area contributed by atoms with Crippen LogP contribution in [0.25, 0.3) is 10.1 Å². The highest BCUT2D eigenvalue weighted by Crippen LogP contribution is 2.44. The molecule has 2 aromatic carbocycles. The first-order chi connectivity index (χ1) is 18.6. The summed E-state index contributed by atoms with van der Waals surface area (Å²) in [6, 6.07) is 5.08. The van der Waals surface area contributed by atoms with Gasteiger partial charge < -0.3 is 4.90 Å². The van der Waals surface area contributed by atoms with Gasteiger partial charge in [-0.3, -0.25) is 19.8 Å². The molecule has 40 heavy (non-hydrogen) atoms. The van der Waals surface area contributed by atoms with Crippen LogP contribution in [0.15, 0.2) is 39.6 Å². The minimum absolute atomic E-state index is 0.00328. The van der Waals surface area contributed by atoms with E-state index in [-0.39, 0.29) is 19.7 Å². The summed E-state index contributed by atoms with van der Waals surface area (Å²) in [7, 11) is 0. The fourth-order valence-electron chi connectivity index (χ4n) is 5.46. The summed E-state index contributed by atoms with van der Waals surface area (Å²) in [5.41, 5.74) is -3.01. The number of nitro benzene ring substituents is 1. The summed E-state index contributed by atoms with van der Waals surface area (Å²) in [5, 5.41) is 11.3. The van der Waals surface area contributed by atoms with E-state index < -0.39 is 45.0 Å². The molecule has 15 heteroatoms. The van der Waals surface area contributed by atoms with Gasteiger partial charge in [0.2, 0.25) is 0 Å². The molecular weight excluding hydrogens is 630 g/mol. The van der Waals surface area contributed by atoms with Gasteiger partial charge in [-0.1, -0.05) is 33.3 Å². The molecule has 2 aliphatic rings. The minimum atomic E-state index is -4.85. The van der Waals surface area contributed by atoms with Crippen molar-refractivity contribution >= 4 is 48.2 Å². The van der Waals surface area contributed by atoms with E-state index in [1.807, 2.05) is 4.90 Å². The molecule has 2 fully saturated rings. The maximum atomic E-state index is 13.2. The van der Waals surface area contributed by atoms with Gasteiger partial charge in [-0.15, -0.1) is 0 Å². The molecule has 3 heterocycles. The van der Waals surface area contributed by atoms with Gasteiger partial charge in [0.05, 0.1) is 21.4 Å². The van der Waals surface area contributed by atoms with Gasteiger partial charge in [0.1, 0.15) is 4.70 Å². The van der Waals surface area contributed by atoms with Crippen LogP contribution in [0.3, 0.4) is 0 Å². The molecule has 2 saturated heterocycles. The van der Waals surface area contributed by atoms with E-state index in [2.05, 4.69) is 25.8 Å². The Bertz CT molecular complexity index is 1540. The predicted octanol–water partition coefficient (Wildman–Crippen LogP) is 6.86. The van der Waals surface area contributed by atoms with E-state index in [0.29, 0.717) is 31.8 Å². The number of likely N-dealkylation sites (tertiary alicyclic amines) is 1. The van der Waals surface area contributed by atoms with Gasteiger partial charge in [-0.05, 0) is 55.0 Å². The number of anilines is 1. The van der Waals surface area contributed by atoms with Crippen molar-refractivity contribution in [3.05, 3.63) is 72.0 Å². The van der Waals surface area contributed by atoms with Crippen LogP contribution in [-0.4, -0.2) is 41.0 Å². The van der Waals surface area contributed by atoms with Gasteiger partial charge >= 0.3 is 12.4 Å². The Kier molecular flexibility index (Phi) is 7.36. The highest BCUT2D eigenvalue weighted by Gasteiger charge is 2.41. The zero-order valence-electron chi connectivity index (χ0n) is 20.6. The topological polar surface area (TPSA) is 79.6 Å². The lowest BCUT2D eigenvalue weighted by molar-refractivity contribution is -0.383. The Labute approximate surface area is 235 Å². The second-order valence-corrected chi connectivity index (χ2v) is 12.0. The molecular formula is C25H21BrF6N4O3S. The maximum Gasteiger partial charge on any atom is 0.417 e. The van der Waals surface area contributed by atoms with Gasteiger partial charge in [0.15, 0.2) is 5.13 Å². The van der Waals surface area contributed by atoms with E-state index in [0.717, 1.165) is 55.3 Å². The molecule has 0 bridgehead atoms. The Morgan fingerprint density at radius 1 is 1.02 bits per heavy atom. The zero-order chi connectivity index (χ0) is 29.0. The van der Waals surface area contributed by atoms with Crippen molar-refractivity contribution in [2.45, 2.75) is 38.2 Å². The molecule has 0 aliphatic carbocycles. The molecule has 7 nitrogen and oxygen atoms in total. The molecule has 2 aliphatic heterocycles. The van der Waals surface area contributed by atoms with Crippen molar-refractivity contribution in [1.29, 1.82) is 0 Å². The van der Waals surface area contributed by atoms with E-state index in [4.69, 9.17) is 0 Å². The smallest absolute Gasteiger partial charge is 0.348 e. The number of rotatable bonds is 4. The van der Waals surface area contributed by atoms with Crippen LogP contribution in [0.4, 0.5) is 37.2 Å². The first-order valence-corrected chi connectivity index (χ1v) is 13.8. The first kappa shape index (κ1) is 28.7. The average molecular weight is 651 g/mol. The quantitative estimate of drug-likeness (QED) is 0.174. The fourth-order valence-corrected chi connectivity index (χ4v) is 7.23. The van der Waals surface area contributed by atoms with Gasteiger partial charge in [-0.25, -0.2) is 0 Å². The minimum Gasteiger partial charge on any atom is -0.348 e. The first-order valence-electron chi connectivity index (χ1n) is 12.2. The van der Waals surface area contributed by atoms with Gasteiger partial charge in [0, 0.05) is 36.7 Å². The van der Waals surface area contributed by atoms with Crippen LogP contribution >= 0.6 is 27.3 Å². The number of hydrogen-bond acceptors (Lipinski definition) is 7. The number of nitro groups is 1. The molecule has 0 saturated carbocycles. The van der Waals surface area contributed by atoms with E-state index in [1.165, 1.54) is 12.1 Å². The molecule has 214 valence electrons. The number of piperidine rings is 1. The number of aromatic nitrogens is 1. The number of nitrogens with zero attached hydrogens (tertiary/aromatic N) is 4. The van der Waals surface area contributed by atoms with Gasteiger partial charge in [0.25, 0.3) is 11.2 Å². The second-order valence-electron chi connectivity index (χ2n) is 10.2. The standard InChI is InChI=1S/C25H21BrF6N4O3S/c26-18-9-14(1-2-17(18)25(30,31)32)12-34-6-3-23(13-34)4-7-35(8-5-23)22-33-21(37)16-10-15(24(27,28)29)11-19(36(38)39)20(16)40-22/h1-2,9-11H,3-8,12-13H2. The van der Waals surface area contributed by atoms with Crippen molar-refractivity contribution in [3.8, 4) is 0 Å². The van der Waals surface area contributed by atoms with Gasteiger partial charge in [-0.2, -0.15) is 31.3 Å². The summed E-state index contributed by atoms with van der Waals surface area (Å²) in [6.45, 7) is 3.02. The largest absolute Gasteiger partial charge is 0.417 e. The van der Waals surface area contributed by atoms with Crippen LogP contribution < -0.4 is 10.5 Å². The lowest BCUT2D eigenvalue weighted by Crippen LogP contribution is -2.42. The lowest BCUT2D eigenvalue weighted by Gasteiger charge is -2.39. The summed E-state index contributed by atoms with van der Waals surface area (Å²) >= 11 is 3.85. The summed E-state index contributed by atoms with van der Waals surface area (Å²) in [5.74, 6) is 0. The number of hydrogen-bond donors (Lipinski definition) is 0. The zero-order valence-corrected chi connectivity index (χ0v) is 23.0. The highest BCUT2D eigenvalue weighted by molar-refractivity contribution is 9.10. The molecule has 0 N–H and O–H groups in total. The molecule has 0 unspecified atom stereocenters. The third-order valence-electron chi connectivity index (χ3n) is 7.57. The lowest BCUT2D eigenvalue weighted by atomic mass is 9.78. The Morgan fingerprint density at radius 3 is 2.30 bits per heavy atom. The predicted molar refractivity (Wildman–Crippen MR) is 140 cm³/mol. The monoisotopic (exact) mass is 650 g/mol. The van der Waals surface area contributed by atoms with Crippen LogP contribution in [0.1, 0.15) is 36.0 Å². The van der Waals surface area contributed by atoms with E-state index in [9.17, 15) is 41.3 Å². The van der Waals surface area contributed by atoms with Crippen LogP contribution in [0.5, 0.6) is 0 Å². The van der Waals surface area contributed by atoms with Crippen LogP contribution in [0, 0.1) is 15.5 Å². The SMILES string of the molecule is O=c1nc(N2CCC3(CCN(Cc4ccc(C(F)(F)F)c(Br)c4)C3)CC2)sc2c([N+](=O)[O-])cc(C(F)(F)F)cc12. The van der Waals surface area contributed by atoms with E-state index >= 15 is 0 Å². The molecule has 3 aromatic rings. The summed E-state index contributed by atoms with van der Waals surface area (Å²) < 4.78 is 78.7. The number of halogens is 7. The third kappa shape index (κ3) is 5.68. The molecule has 0 atom stereocenters. The summed E-state index contributed by atoms with van der Waals surface area (Å²) in [4.78, 5) is 31.3. The Morgan fingerprint density at radius 2 is 1.70 bits per heavy atom. The fraction of sp³-hybridized carbons (Fsp3) is 0.440. The highest BCUT2D eigenvalue weighted by atomic mass is 79.9. The van der Waals surface area contributed by atoms with Crippen molar-refractivity contribution < 1.29 is 31.3 Å². The molecule has 1 spiro atoms.